The number of anilines is 1. The normalized spacial score (nSPS) is 12.1. The van der Waals surface area contributed by atoms with Crippen LogP contribution in [-0.4, -0.2) is 10.1 Å². The highest BCUT2D eigenvalue weighted by molar-refractivity contribution is 7.84. The van der Waals surface area contributed by atoms with Crippen molar-refractivity contribution >= 4 is 22.4 Å². The summed E-state index contributed by atoms with van der Waals surface area (Å²) in [6, 6.07) is 10.1. The molecule has 104 valence electrons. The van der Waals surface area contributed by atoms with Crippen molar-refractivity contribution in [1.29, 1.82) is 0 Å². The van der Waals surface area contributed by atoms with Gasteiger partial charge in [-0.3, -0.25) is 9.00 Å². The molecule has 0 aromatic heterocycles. The number of nitrogen functional groups attached to an aromatic ring is 1. The standard InChI is InChI=1S/C14H13FN2O2S/c15-11-3-5-12(6-4-11)20(19)8-10-2-1-9(14(17)18)7-13(10)16/h1-7H,8,16H2,(H2,17,18). The fourth-order valence-corrected chi connectivity index (χ4v) is 2.84. The Morgan fingerprint density at radius 3 is 2.35 bits per heavy atom. The maximum Gasteiger partial charge on any atom is 0.248 e. The van der Waals surface area contributed by atoms with Gasteiger partial charge in [0.25, 0.3) is 0 Å². The smallest absolute Gasteiger partial charge is 0.248 e. The van der Waals surface area contributed by atoms with Crippen LogP contribution >= 0.6 is 0 Å². The van der Waals surface area contributed by atoms with Gasteiger partial charge in [0.15, 0.2) is 0 Å². The highest BCUT2D eigenvalue weighted by atomic mass is 32.2. The summed E-state index contributed by atoms with van der Waals surface area (Å²) < 4.78 is 24.9. The fraction of sp³-hybridized carbons (Fsp3) is 0.0714. The zero-order valence-corrected chi connectivity index (χ0v) is 11.3. The second-order valence-corrected chi connectivity index (χ2v) is 5.67. The molecule has 0 radical (unpaired) electrons. The van der Waals surface area contributed by atoms with Gasteiger partial charge in [-0.2, -0.15) is 0 Å². The molecule has 0 aliphatic rings. The molecule has 4 N–H and O–H groups in total. The van der Waals surface area contributed by atoms with Crippen LogP contribution in [0.3, 0.4) is 0 Å². The molecular formula is C14H13FN2O2S. The minimum atomic E-state index is -1.33. The Labute approximate surface area is 118 Å². The zero-order chi connectivity index (χ0) is 14.7. The van der Waals surface area contributed by atoms with Gasteiger partial charge in [-0.15, -0.1) is 0 Å². The first-order chi connectivity index (χ1) is 9.47. The molecule has 0 fully saturated rings. The third-order valence-corrected chi connectivity index (χ3v) is 4.16. The summed E-state index contributed by atoms with van der Waals surface area (Å²) in [6.45, 7) is 0. The number of primary amides is 1. The summed E-state index contributed by atoms with van der Waals surface area (Å²) in [4.78, 5) is 11.5. The van der Waals surface area contributed by atoms with Crippen LogP contribution in [0.2, 0.25) is 0 Å². The van der Waals surface area contributed by atoms with Crippen LogP contribution in [0.5, 0.6) is 0 Å². The number of rotatable bonds is 4. The van der Waals surface area contributed by atoms with Gasteiger partial charge in [0.1, 0.15) is 5.82 Å². The van der Waals surface area contributed by atoms with Gasteiger partial charge in [0.2, 0.25) is 5.91 Å². The van der Waals surface area contributed by atoms with Crippen molar-refractivity contribution in [2.75, 3.05) is 5.73 Å². The molecule has 0 heterocycles. The molecule has 0 aliphatic carbocycles. The van der Waals surface area contributed by atoms with Gasteiger partial charge in [-0.05, 0) is 42.0 Å². The molecule has 0 bridgehead atoms. The average molecular weight is 292 g/mol. The minimum absolute atomic E-state index is 0.191. The molecule has 0 saturated carbocycles. The summed E-state index contributed by atoms with van der Waals surface area (Å²) in [7, 11) is -1.33. The molecule has 2 aromatic rings. The Kier molecular flexibility index (Phi) is 4.14. The van der Waals surface area contributed by atoms with Gasteiger partial charge in [0.05, 0.1) is 16.6 Å². The van der Waals surface area contributed by atoms with Crippen molar-refractivity contribution in [2.24, 2.45) is 5.73 Å². The van der Waals surface area contributed by atoms with Crippen LogP contribution in [0.1, 0.15) is 15.9 Å². The molecule has 1 amide bonds. The van der Waals surface area contributed by atoms with E-state index in [1.807, 2.05) is 0 Å². The molecule has 6 heteroatoms. The lowest BCUT2D eigenvalue weighted by molar-refractivity contribution is 0.100. The van der Waals surface area contributed by atoms with Gasteiger partial charge in [-0.25, -0.2) is 4.39 Å². The number of hydrogen-bond acceptors (Lipinski definition) is 3. The van der Waals surface area contributed by atoms with Crippen molar-refractivity contribution in [1.82, 2.24) is 0 Å². The summed E-state index contributed by atoms with van der Waals surface area (Å²) in [5, 5.41) is 0. The van der Waals surface area contributed by atoms with E-state index in [9.17, 15) is 13.4 Å². The largest absolute Gasteiger partial charge is 0.398 e. The topological polar surface area (TPSA) is 86.2 Å². The second kappa shape index (κ2) is 5.83. The number of nitrogens with two attached hydrogens (primary N) is 2. The molecular weight excluding hydrogens is 279 g/mol. The molecule has 0 aliphatic heterocycles. The van der Waals surface area contributed by atoms with E-state index in [4.69, 9.17) is 11.5 Å². The molecule has 2 aromatic carbocycles. The summed E-state index contributed by atoms with van der Waals surface area (Å²) in [5.74, 6) is -0.754. The lowest BCUT2D eigenvalue weighted by atomic mass is 10.1. The number of carbonyl (C=O) groups is 1. The third-order valence-electron chi connectivity index (χ3n) is 2.79. The lowest BCUT2D eigenvalue weighted by Crippen LogP contribution is -2.12. The number of halogens is 1. The first kappa shape index (κ1) is 14.2. The van der Waals surface area contributed by atoms with Crippen molar-refractivity contribution in [3.63, 3.8) is 0 Å². The predicted octanol–water partition coefficient (Wildman–Crippen LogP) is 1.81. The summed E-state index contributed by atoms with van der Waals surface area (Å²) in [6.07, 6.45) is 0. The number of carbonyl (C=O) groups excluding carboxylic acids is 1. The number of amides is 1. The number of hydrogen-bond donors (Lipinski definition) is 2. The predicted molar refractivity (Wildman–Crippen MR) is 75.9 cm³/mol. The summed E-state index contributed by atoms with van der Waals surface area (Å²) >= 11 is 0. The Bertz CT molecular complexity index is 671. The van der Waals surface area contributed by atoms with E-state index in [1.165, 1.54) is 36.4 Å². The third kappa shape index (κ3) is 3.21. The first-order valence-electron chi connectivity index (χ1n) is 5.79. The Morgan fingerprint density at radius 2 is 1.80 bits per heavy atom. The Hall–Kier alpha value is -2.21. The highest BCUT2D eigenvalue weighted by Gasteiger charge is 2.10. The quantitative estimate of drug-likeness (QED) is 0.843. The molecule has 0 spiro atoms. The maximum atomic E-state index is 12.8. The van der Waals surface area contributed by atoms with Gasteiger partial charge >= 0.3 is 0 Å². The van der Waals surface area contributed by atoms with Crippen LogP contribution in [0.15, 0.2) is 47.4 Å². The van der Waals surface area contributed by atoms with E-state index in [0.29, 0.717) is 21.7 Å². The second-order valence-electron chi connectivity index (χ2n) is 4.22. The van der Waals surface area contributed by atoms with Crippen LogP contribution in [-0.2, 0) is 16.6 Å². The number of benzene rings is 2. The first-order valence-corrected chi connectivity index (χ1v) is 7.11. The molecule has 1 unspecified atom stereocenters. The zero-order valence-electron chi connectivity index (χ0n) is 10.5. The summed E-state index contributed by atoms with van der Waals surface area (Å²) in [5.41, 5.74) is 12.3. The Balaban J connectivity index is 2.19. The van der Waals surface area contributed by atoms with Gasteiger partial charge in [0, 0.05) is 16.1 Å². The minimum Gasteiger partial charge on any atom is -0.398 e. The molecule has 4 nitrogen and oxygen atoms in total. The Morgan fingerprint density at radius 1 is 1.15 bits per heavy atom. The van der Waals surface area contributed by atoms with Crippen LogP contribution < -0.4 is 11.5 Å². The highest BCUT2D eigenvalue weighted by Crippen LogP contribution is 2.19. The molecule has 1 atom stereocenters. The SMILES string of the molecule is NC(=O)c1ccc(CS(=O)c2ccc(F)cc2)c(N)c1. The van der Waals surface area contributed by atoms with Crippen LogP contribution in [0.4, 0.5) is 10.1 Å². The average Bonchev–Trinajstić information content (AvgIpc) is 2.41. The lowest BCUT2D eigenvalue weighted by Gasteiger charge is -2.07. The monoisotopic (exact) mass is 292 g/mol. The van der Waals surface area contributed by atoms with E-state index in [0.717, 1.165) is 0 Å². The van der Waals surface area contributed by atoms with Crippen molar-refractivity contribution in [3.05, 3.63) is 59.4 Å². The van der Waals surface area contributed by atoms with Crippen LogP contribution in [0, 0.1) is 5.82 Å². The van der Waals surface area contributed by atoms with E-state index in [2.05, 4.69) is 0 Å². The molecule has 2 rings (SSSR count). The van der Waals surface area contributed by atoms with E-state index >= 15 is 0 Å². The van der Waals surface area contributed by atoms with E-state index in [-0.39, 0.29) is 11.6 Å². The van der Waals surface area contributed by atoms with E-state index < -0.39 is 16.7 Å². The van der Waals surface area contributed by atoms with Crippen LogP contribution in [0.25, 0.3) is 0 Å². The molecule has 0 saturated heterocycles. The van der Waals surface area contributed by atoms with Crippen molar-refractivity contribution in [2.45, 2.75) is 10.6 Å². The van der Waals surface area contributed by atoms with Gasteiger partial charge in [-0.1, -0.05) is 6.07 Å². The molecule has 20 heavy (non-hydrogen) atoms. The van der Waals surface area contributed by atoms with E-state index in [1.54, 1.807) is 6.07 Å². The fourth-order valence-electron chi connectivity index (χ4n) is 1.69. The van der Waals surface area contributed by atoms with Crippen molar-refractivity contribution in [3.8, 4) is 0 Å². The maximum absolute atomic E-state index is 12.8. The van der Waals surface area contributed by atoms with Crippen molar-refractivity contribution < 1.29 is 13.4 Å². The van der Waals surface area contributed by atoms with Gasteiger partial charge < -0.3 is 11.5 Å².